The van der Waals surface area contributed by atoms with Gasteiger partial charge in [0.1, 0.15) is 0 Å². The fourth-order valence-electron chi connectivity index (χ4n) is 4.00. The number of rotatable bonds is 4. The molecule has 0 bridgehead atoms. The van der Waals surface area contributed by atoms with Crippen molar-refractivity contribution in [1.82, 2.24) is 19.5 Å². The quantitative estimate of drug-likeness (QED) is 0.442. The molecule has 2 aliphatic rings. The van der Waals surface area contributed by atoms with Crippen LogP contribution in [0, 0.1) is 6.92 Å². The molecule has 0 aliphatic carbocycles. The summed E-state index contributed by atoms with van der Waals surface area (Å²) in [7, 11) is 0. The van der Waals surface area contributed by atoms with E-state index in [0.29, 0.717) is 17.5 Å². The Morgan fingerprint density at radius 3 is 2.65 bits per heavy atom. The summed E-state index contributed by atoms with van der Waals surface area (Å²) in [6.45, 7) is 2.12. The Morgan fingerprint density at radius 2 is 1.81 bits per heavy atom. The maximum absolute atomic E-state index is 12.3. The van der Waals surface area contributed by atoms with Crippen LogP contribution in [0.3, 0.4) is 0 Å². The van der Waals surface area contributed by atoms with Crippen LogP contribution in [0.1, 0.15) is 11.1 Å². The van der Waals surface area contributed by atoms with Gasteiger partial charge in [-0.1, -0.05) is 48.5 Å². The van der Waals surface area contributed by atoms with Crippen molar-refractivity contribution in [2.75, 3.05) is 0 Å². The second-order valence-corrected chi connectivity index (χ2v) is 7.80. The number of nitrogens with zero attached hydrogens (tertiary/aromatic N) is 3. The summed E-state index contributed by atoms with van der Waals surface area (Å²) < 4.78 is 1.72. The zero-order chi connectivity index (χ0) is 21.5. The van der Waals surface area contributed by atoms with Gasteiger partial charge in [-0.05, 0) is 41.0 Å². The van der Waals surface area contributed by atoms with Gasteiger partial charge in [0, 0.05) is 6.42 Å². The van der Waals surface area contributed by atoms with Crippen LogP contribution in [-0.4, -0.2) is 30.7 Å². The maximum Gasteiger partial charge on any atom is 0.349 e. The van der Waals surface area contributed by atoms with E-state index in [1.165, 1.54) is 0 Å². The molecule has 31 heavy (non-hydrogen) atoms. The molecule has 2 N–H and O–H groups in total. The van der Waals surface area contributed by atoms with Crippen molar-refractivity contribution in [2.24, 2.45) is 0 Å². The monoisotopic (exact) mass is 412 g/mol. The van der Waals surface area contributed by atoms with Crippen LogP contribution in [0.4, 0.5) is 0 Å². The summed E-state index contributed by atoms with van der Waals surface area (Å²) in [6.07, 6.45) is -0.334. The highest BCUT2D eigenvalue weighted by atomic mass is 16.3. The highest BCUT2D eigenvalue weighted by Crippen LogP contribution is 2.23. The predicted octanol–water partition coefficient (Wildman–Crippen LogP) is 2.65. The Morgan fingerprint density at radius 1 is 1.00 bits per heavy atom. The van der Waals surface area contributed by atoms with Crippen molar-refractivity contribution >= 4 is 21.8 Å². The lowest BCUT2D eigenvalue weighted by Gasteiger charge is -2.20. The smallest absolute Gasteiger partial charge is 0.349 e. The van der Waals surface area contributed by atoms with E-state index in [-0.39, 0.29) is 18.1 Å². The minimum absolute atomic E-state index is 0.0776. The maximum atomic E-state index is 12.3. The molecule has 2 heterocycles. The largest absolute Gasteiger partial charge is 0.391 e. The normalized spacial score (nSPS) is 12.6. The van der Waals surface area contributed by atoms with E-state index >= 15 is 0 Å². The van der Waals surface area contributed by atoms with Gasteiger partial charge >= 0.3 is 5.69 Å². The van der Waals surface area contributed by atoms with Gasteiger partial charge in [0.25, 0.3) is 5.56 Å². The zero-order valence-electron chi connectivity index (χ0n) is 16.9. The molecule has 7 heteroatoms. The molecule has 7 nitrogen and oxygen atoms in total. The van der Waals surface area contributed by atoms with Crippen LogP contribution in [-0.2, 0) is 13.0 Å². The number of hydrogen-bond donors (Lipinski definition) is 2. The number of aromatic nitrogens is 4. The standard InChI is InChI=1S/C24H20N4O3/c1-14-6-9-19-20(10-14)28(22-21(25-19)23(30)27-24(31)26-22)13-18(29)12-15-7-8-16-4-2-3-5-17(16)11-15/h2-11,18,29H,12-13H2,1H3,(H,27,30,31). The summed E-state index contributed by atoms with van der Waals surface area (Å²) >= 11 is 0. The SMILES string of the molecule is Cc1ccc2nc3c(=O)[nH]c(=O)nc-3n(CC(O)Cc3ccc4ccccc4c3)c2c1. The topological polar surface area (TPSA) is 101 Å². The summed E-state index contributed by atoms with van der Waals surface area (Å²) in [4.78, 5) is 34.8. The average molecular weight is 412 g/mol. The van der Waals surface area contributed by atoms with Crippen molar-refractivity contribution < 1.29 is 5.11 Å². The first-order valence-electron chi connectivity index (χ1n) is 10.0. The number of fused-ring (bicyclic) bond motifs is 3. The molecule has 0 radical (unpaired) electrons. The number of aryl methyl sites for hydroxylation is 1. The third kappa shape index (κ3) is 3.60. The highest BCUT2D eigenvalue weighted by molar-refractivity contribution is 5.83. The number of aromatic amines is 1. The first kappa shape index (κ1) is 19.1. The fourth-order valence-corrected chi connectivity index (χ4v) is 4.00. The first-order valence-corrected chi connectivity index (χ1v) is 10.0. The first-order chi connectivity index (χ1) is 15.0. The molecule has 154 valence electrons. The number of benzene rings is 3. The highest BCUT2D eigenvalue weighted by Gasteiger charge is 2.20. The molecule has 0 fully saturated rings. The molecule has 5 rings (SSSR count). The van der Waals surface area contributed by atoms with Gasteiger partial charge in [0.2, 0.25) is 0 Å². The zero-order valence-corrected chi connectivity index (χ0v) is 16.9. The second-order valence-electron chi connectivity index (χ2n) is 7.80. The van der Waals surface area contributed by atoms with Gasteiger partial charge in [0.15, 0.2) is 11.5 Å². The van der Waals surface area contributed by atoms with Crippen LogP contribution in [0.25, 0.3) is 33.3 Å². The van der Waals surface area contributed by atoms with E-state index in [0.717, 1.165) is 21.9 Å². The molecule has 1 atom stereocenters. The van der Waals surface area contributed by atoms with E-state index in [1.54, 1.807) is 4.57 Å². The lowest BCUT2D eigenvalue weighted by molar-refractivity contribution is 0.156. The van der Waals surface area contributed by atoms with Crippen molar-refractivity contribution in [3.05, 3.63) is 92.6 Å². The van der Waals surface area contributed by atoms with E-state index in [1.807, 2.05) is 61.5 Å². The number of aliphatic hydroxyl groups is 1. The van der Waals surface area contributed by atoms with Crippen molar-refractivity contribution in [1.29, 1.82) is 0 Å². The Kier molecular flexibility index (Phi) is 4.60. The van der Waals surface area contributed by atoms with E-state index in [2.05, 4.69) is 21.0 Å². The lowest BCUT2D eigenvalue weighted by atomic mass is 10.0. The molecule has 2 aliphatic heterocycles. The molecule has 1 unspecified atom stereocenters. The van der Waals surface area contributed by atoms with Crippen molar-refractivity contribution in [3.63, 3.8) is 0 Å². The van der Waals surface area contributed by atoms with Gasteiger partial charge < -0.3 is 9.67 Å². The molecule has 0 spiro atoms. The fraction of sp³-hybridized carbons (Fsp3) is 0.167. The lowest BCUT2D eigenvalue weighted by Crippen LogP contribution is -2.30. The molecule has 0 amide bonds. The van der Waals surface area contributed by atoms with E-state index < -0.39 is 17.4 Å². The molecule has 0 aromatic heterocycles. The van der Waals surface area contributed by atoms with Crippen LogP contribution >= 0.6 is 0 Å². The third-order valence-electron chi connectivity index (χ3n) is 5.44. The van der Waals surface area contributed by atoms with Gasteiger partial charge in [-0.25, -0.2) is 9.78 Å². The third-order valence-corrected chi connectivity index (χ3v) is 5.44. The van der Waals surface area contributed by atoms with Gasteiger partial charge in [0.05, 0.1) is 23.7 Å². The summed E-state index contributed by atoms with van der Waals surface area (Å²) in [5.74, 6) is 0.171. The minimum atomic E-state index is -0.753. The second kappa shape index (κ2) is 7.45. The Bertz CT molecular complexity index is 1520. The molecular formula is C24H20N4O3. The summed E-state index contributed by atoms with van der Waals surface area (Å²) in [5, 5.41) is 13.2. The molecule has 0 saturated carbocycles. The van der Waals surface area contributed by atoms with E-state index in [9.17, 15) is 14.7 Å². The number of nitrogens with one attached hydrogen (secondary N) is 1. The molecule has 3 aromatic rings. The van der Waals surface area contributed by atoms with Crippen molar-refractivity contribution in [2.45, 2.75) is 26.0 Å². The van der Waals surface area contributed by atoms with Crippen molar-refractivity contribution in [3.8, 4) is 11.5 Å². The molecule has 0 saturated heterocycles. The molecular weight excluding hydrogens is 392 g/mol. The Hall–Kier alpha value is -3.84. The Balaban J connectivity index is 1.58. The summed E-state index contributed by atoms with van der Waals surface area (Å²) in [5.41, 5.74) is 2.07. The number of aliphatic hydroxyl groups excluding tert-OH is 1. The minimum Gasteiger partial charge on any atom is -0.391 e. The summed E-state index contributed by atoms with van der Waals surface area (Å²) in [6, 6.07) is 19.8. The van der Waals surface area contributed by atoms with Crippen LogP contribution < -0.4 is 11.2 Å². The average Bonchev–Trinajstić information content (AvgIpc) is 2.74. The van der Waals surface area contributed by atoms with Gasteiger partial charge in [-0.15, -0.1) is 0 Å². The van der Waals surface area contributed by atoms with Gasteiger partial charge in [-0.2, -0.15) is 4.98 Å². The molecule has 3 aromatic carbocycles. The van der Waals surface area contributed by atoms with Crippen LogP contribution in [0.15, 0.2) is 70.3 Å². The van der Waals surface area contributed by atoms with Crippen LogP contribution in [0.2, 0.25) is 0 Å². The number of hydrogen-bond acceptors (Lipinski definition) is 5. The predicted molar refractivity (Wildman–Crippen MR) is 119 cm³/mol. The Labute approximate surface area is 177 Å². The van der Waals surface area contributed by atoms with Crippen LogP contribution in [0.5, 0.6) is 0 Å². The van der Waals surface area contributed by atoms with E-state index in [4.69, 9.17) is 0 Å². The number of H-pyrrole nitrogens is 1. The van der Waals surface area contributed by atoms with Gasteiger partial charge in [-0.3, -0.25) is 9.78 Å².